The van der Waals surface area contributed by atoms with Gasteiger partial charge in [0.25, 0.3) is 0 Å². The molecule has 0 bridgehead atoms. The molecule has 2 amide bonds. The molecule has 1 aliphatic rings. The van der Waals surface area contributed by atoms with Crippen molar-refractivity contribution >= 4 is 22.6 Å². The molecule has 3 aromatic rings. The van der Waals surface area contributed by atoms with Crippen molar-refractivity contribution in [1.29, 1.82) is 0 Å². The second-order valence-electron chi connectivity index (χ2n) is 8.37. The van der Waals surface area contributed by atoms with E-state index >= 15 is 0 Å². The predicted molar refractivity (Wildman–Crippen MR) is 121 cm³/mol. The largest absolute Gasteiger partial charge is 0.386 e. The lowest BCUT2D eigenvalue weighted by Gasteiger charge is -2.27. The molecule has 3 atom stereocenters. The van der Waals surface area contributed by atoms with Crippen LogP contribution in [-0.2, 0) is 16.0 Å². The molecule has 6 heteroatoms. The normalized spacial score (nSPS) is 17.8. The number of nitrogens with zero attached hydrogens (tertiary/aromatic N) is 1. The number of aliphatic hydroxyl groups excluding tert-OH is 1. The average Bonchev–Trinajstić information content (AvgIpc) is 3.29. The second-order valence-corrected chi connectivity index (χ2v) is 8.37. The number of halogens is 1. The van der Waals surface area contributed by atoms with Crippen LogP contribution in [0.1, 0.15) is 37.0 Å². The number of fused-ring (bicyclic) bond motifs is 1. The molecule has 0 radical (unpaired) electrons. The van der Waals surface area contributed by atoms with Crippen LogP contribution in [0.15, 0.2) is 66.7 Å². The number of hydrogen-bond acceptors (Lipinski definition) is 3. The number of aliphatic hydroxyl groups is 1. The van der Waals surface area contributed by atoms with E-state index in [0.29, 0.717) is 13.0 Å². The number of benzene rings is 3. The van der Waals surface area contributed by atoms with Crippen molar-refractivity contribution in [3.8, 4) is 0 Å². The Balaban J connectivity index is 1.41. The number of nitrogens with one attached hydrogen (secondary N) is 1. The SMILES string of the molecule is CC(NC(=O)C1CCCN1C(=O)Cc1ccc2ccccc2c1)C(O)c1ccccc1F. The Hall–Kier alpha value is -3.25. The van der Waals surface area contributed by atoms with Crippen molar-refractivity contribution in [2.24, 2.45) is 0 Å². The first kappa shape index (κ1) is 22.0. The fraction of sp³-hybridized carbons (Fsp3) is 0.308. The summed E-state index contributed by atoms with van der Waals surface area (Å²) >= 11 is 0. The first-order chi connectivity index (χ1) is 15.4. The quantitative estimate of drug-likeness (QED) is 0.621. The van der Waals surface area contributed by atoms with Crippen molar-refractivity contribution in [1.82, 2.24) is 10.2 Å². The third-order valence-electron chi connectivity index (χ3n) is 6.11. The smallest absolute Gasteiger partial charge is 0.243 e. The van der Waals surface area contributed by atoms with E-state index in [9.17, 15) is 19.1 Å². The monoisotopic (exact) mass is 434 g/mol. The Morgan fingerprint density at radius 2 is 1.81 bits per heavy atom. The summed E-state index contributed by atoms with van der Waals surface area (Å²) in [6.45, 7) is 2.15. The molecular formula is C26H27FN2O3. The Morgan fingerprint density at radius 3 is 2.59 bits per heavy atom. The Kier molecular flexibility index (Phi) is 6.51. The van der Waals surface area contributed by atoms with Crippen molar-refractivity contribution in [3.63, 3.8) is 0 Å². The first-order valence-electron chi connectivity index (χ1n) is 10.9. The lowest BCUT2D eigenvalue weighted by Crippen LogP contribution is -2.49. The van der Waals surface area contributed by atoms with Gasteiger partial charge < -0.3 is 15.3 Å². The summed E-state index contributed by atoms with van der Waals surface area (Å²) in [4.78, 5) is 27.5. The molecule has 1 saturated heterocycles. The van der Waals surface area contributed by atoms with Crippen molar-refractivity contribution in [3.05, 3.63) is 83.7 Å². The molecule has 0 aliphatic carbocycles. The van der Waals surface area contributed by atoms with Crippen LogP contribution in [0.4, 0.5) is 4.39 Å². The number of carbonyl (C=O) groups excluding carboxylic acids is 2. The summed E-state index contributed by atoms with van der Waals surface area (Å²) in [6, 6.07) is 18.6. The van der Waals surface area contributed by atoms with Gasteiger partial charge in [-0.2, -0.15) is 0 Å². The maximum absolute atomic E-state index is 14.0. The molecule has 5 nitrogen and oxygen atoms in total. The van der Waals surface area contributed by atoms with Crippen LogP contribution in [0.2, 0.25) is 0 Å². The van der Waals surface area contributed by atoms with Gasteiger partial charge in [0.1, 0.15) is 18.0 Å². The maximum Gasteiger partial charge on any atom is 0.243 e. The van der Waals surface area contributed by atoms with Gasteiger partial charge in [-0.1, -0.05) is 60.7 Å². The zero-order valence-electron chi connectivity index (χ0n) is 18.0. The predicted octanol–water partition coefficient (Wildman–Crippen LogP) is 3.75. The minimum absolute atomic E-state index is 0.0970. The van der Waals surface area contributed by atoms with E-state index in [4.69, 9.17) is 0 Å². The van der Waals surface area contributed by atoms with E-state index in [1.54, 1.807) is 24.0 Å². The molecule has 2 N–H and O–H groups in total. The zero-order chi connectivity index (χ0) is 22.7. The van der Waals surface area contributed by atoms with Crippen LogP contribution in [0, 0.1) is 5.82 Å². The van der Waals surface area contributed by atoms with Gasteiger partial charge in [-0.25, -0.2) is 4.39 Å². The highest BCUT2D eigenvalue weighted by molar-refractivity contribution is 5.90. The van der Waals surface area contributed by atoms with Crippen LogP contribution in [-0.4, -0.2) is 40.4 Å². The molecule has 1 aliphatic heterocycles. The standard InChI is InChI=1S/C26H27FN2O3/c1-17(25(31)21-9-4-5-10-22(21)27)28-26(32)23-11-6-14-29(23)24(30)16-18-12-13-19-7-2-3-8-20(19)15-18/h2-5,7-10,12-13,15,17,23,25,31H,6,11,14,16H2,1H3,(H,28,32). The van der Waals surface area contributed by atoms with E-state index in [1.165, 1.54) is 12.1 Å². The third kappa shape index (κ3) is 4.65. The Morgan fingerprint density at radius 1 is 1.09 bits per heavy atom. The van der Waals surface area contributed by atoms with E-state index in [-0.39, 0.29) is 23.8 Å². The van der Waals surface area contributed by atoms with Gasteiger partial charge in [0, 0.05) is 12.1 Å². The van der Waals surface area contributed by atoms with Gasteiger partial charge in [0.2, 0.25) is 11.8 Å². The number of carbonyl (C=O) groups is 2. The summed E-state index contributed by atoms with van der Waals surface area (Å²) in [7, 11) is 0. The van der Waals surface area contributed by atoms with E-state index < -0.39 is 24.0 Å². The number of rotatable bonds is 6. The summed E-state index contributed by atoms with van der Waals surface area (Å²) in [5, 5.41) is 15.4. The van der Waals surface area contributed by atoms with Gasteiger partial charge in [-0.05, 0) is 42.2 Å². The lowest BCUT2D eigenvalue weighted by molar-refractivity contribution is -0.138. The van der Waals surface area contributed by atoms with Crippen LogP contribution in [0.25, 0.3) is 10.8 Å². The summed E-state index contributed by atoms with van der Waals surface area (Å²) in [5.74, 6) is -0.938. The fourth-order valence-electron chi connectivity index (χ4n) is 4.35. The van der Waals surface area contributed by atoms with Crippen molar-refractivity contribution < 1.29 is 19.1 Å². The van der Waals surface area contributed by atoms with E-state index in [1.807, 2.05) is 42.5 Å². The van der Waals surface area contributed by atoms with Gasteiger partial charge in [-0.15, -0.1) is 0 Å². The minimum atomic E-state index is -1.18. The van der Waals surface area contributed by atoms with Gasteiger partial charge in [0.05, 0.1) is 12.5 Å². The third-order valence-corrected chi connectivity index (χ3v) is 6.11. The first-order valence-corrected chi connectivity index (χ1v) is 10.9. The highest BCUT2D eigenvalue weighted by Gasteiger charge is 2.35. The highest BCUT2D eigenvalue weighted by atomic mass is 19.1. The van der Waals surface area contributed by atoms with Crippen LogP contribution in [0.3, 0.4) is 0 Å². The molecule has 166 valence electrons. The summed E-state index contributed by atoms with van der Waals surface area (Å²) < 4.78 is 14.0. The lowest BCUT2D eigenvalue weighted by atomic mass is 10.0. The molecule has 3 unspecified atom stereocenters. The molecule has 0 saturated carbocycles. The number of amides is 2. The van der Waals surface area contributed by atoms with Gasteiger partial charge in [-0.3, -0.25) is 9.59 Å². The van der Waals surface area contributed by atoms with Crippen molar-refractivity contribution in [2.75, 3.05) is 6.54 Å². The molecule has 3 aromatic carbocycles. The fourth-order valence-corrected chi connectivity index (χ4v) is 4.35. The Labute approximate surface area is 186 Å². The topological polar surface area (TPSA) is 69.6 Å². The molecular weight excluding hydrogens is 407 g/mol. The highest BCUT2D eigenvalue weighted by Crippen LogP contribution is 2.23. The number of hydrogen-bond donors (Lipinski definition) is 2. The summed E-state index contributed by atoms with van der Waals surface area (Å²) in [6.07, 6.45) is 0.356. The average molecular weight is 435 g/mol. The maximum atomic E-state index is 14.0. The molecule has 0 spiro atoms. The van der Waals surface area contributed by atoms with E-state index in [0.717, 1.165) is 22.8 Å². The molecule has 1 heterocycles. The van der Waals surface area contributed by atoms with E-state index in [2.05, 4.69) is 5.32 Å². The van der Waals surface area contributed by atoms with Crippen LogP contribution < -0.4 is 5.32 Å². The summed E-state index contributed by atoms with van der Waals surface area (Å²) in [5.41, 5.74) is 1.04. The van der Waals surface area contributed by atoms with Crippen molar-refractivity contribution in [2.45, 2.75) is 44.4 Å². The molecule has 4 rings (SSSR count). The molecule has 0 aromatic heterocycles. The Bertz CT molecular complexity index is 1130. The van der Waals surface area contributed by atoms with Gasteiger partial charge in [0.15, 0.2) is 0 Å². The van der Waals surface area contributed by atoms with Gasteiger partial charge >= 0.3 is 0 Å². The minimum Gasteiger partial charge on any atom is -0.386 e. The molecule has 32 heavy (non-hydrogen) atoms. The van der Waals surface area contributed by atoms with Crippen LogP contribution in [0.5, 0.6) is 0 Å². The molecule has 1 fully saturated rings. The second kappa shape index (κ2) is 9.49. The van der Waals surface area contributed by atoms with Crippen LogP contribution >= 0.6 is 0 Å². The number of likely N-dealkylation sites (tertiary alicyclic amines) is 1. The zero-order valence-corrected chi connectivity index (χ0v) is 18.0.